The van der Waals surface area contributed by atoms with E-state index in [0.29, 0.717) is 0 Å². The Morgan fingerprint density at radius 2 is 2.00 bits per heavy atom. The highest BCUT2D eigenvalue weighted by atomic mass is 16.4. The van der Waals surface area contributed by atoms with E-state index in [4.69, 9.17) is 0 Å². The van der Waals surface area contributed by atoms with Crippen molar-refractivity contribution in [1.82, 2.24) is 15.1 Å². The third-order valence-corrected chi connectivity index (χ3v) is 3.58. The molecule has 2 unspecified atom stereocenters. The first kappa shape index (κ1) is 14.4. The molecule has 8 nitrogen and oxygen atoms in total. The second-order valence-corrected chi connectivity index (χ2v) is 5.25. The van der Waals surface area contributed by atoms with E-state index < -0.39 is 24.0 Å². The zero-order valence-corrected chi connectivity index (χ0v) is 11.3. The van der Waals surface area contributed by atoms with Crippen molar-refractivity contribution in [3.05, 3.63) is 0 Å². The van der Waals surface area contributed by atoms with Crippen LogP contribution in [-0.2, 0) is 19.2 Å². The lowest BCUT2D eigenvalue weighted by Gasteiger charge is -2.35. The number of rotatable bonds is 3. The number of hydrogen-bond donors (Lipinski definition) is 2. The fraction of sp³-hybridized carbons (Fsp3) is 0.667. The highest BCUT2D eigenvalue weighted by Gasteiger charge is 2.47. The Morgan fingerprint density at radius 3 is 2.50 bits per heavy atom. The number of nitrogens with one attached hydrogen (secondary N) is 1. The van der Waals surface area contributed by atoms with Gasteiger partial charge in [0.15, 0.2) is 0 Å². The molecular formula is C12H17N3O5. The third-order valence-electron chi connectivity index (χ3n) is 3.58. The van der Waals surface area contributed by atoms with Crippen LogP contribution >= 0.6 is 0 Å². The molecule has 2 saturated heterocycles. The van der Waals surface area contributed by atoms with E-state index in [9.17, 15) is 24.3 Å². The highest BCUT2D eigenvalue weighted by Crippen LogP contribution is 2.23. The van der Waals surface area contributed by atoms with Gasteiger partial charge >= 0.3 is 5.97 Å². The number of carboxylic acids is 1. The Hall–Kier alpha value is -1.96. The Morgan fingerprint density at radius 1 is 1.35 bits per heavy atom. The summed E-state index contributed by atoms with van der Waals surface area (Å²) in [6.45, 7) is 3.19. The van der Waals surface area contributed by atoms with Gasteiger partial charge in [-0.25, -0.2) is 0 Å². The van der Waals surface area contributed by atoms with E-state index in [2.05, 4.69) is 5.32 Å². The number of carbonyl (C=O) groups is 4. The molecule has 0 aromatic rings. The van der Waals surface area contributed by atoms with Crippen molar-refractivity contribution in [1.29, 1.82) is 0 Å². The summed E-state index contributed by atoms with van der Waals surface area (Å²) >= 11 is 0. The quantitative estimate of drug-likeness (QED) is 0.605. The Labute approximate surface area is 115 Å². The van der Waals surface area contributed by atoms with E-state index in [1.54, 1.807) is 13.8 Å². The minimum absolute atomic E-state index is 0.0617. The molecule has 2 fully saturated rings. The molecule has 2 rings (SSSR count). The van der Waals surface area contributed by atoms with Gasteiger partial charge in [-0.3, -0.25) is 29.0 Å². The molecule has 2 N–H and O–H groups in total. The highest BCUT2D eigenvalue weighted by molar-refractivity contribution is 6.06. The smallest absolute Gasteiger partial charge is 0.322 e. The maximum atomic E-state index is 12.3. The molecule has 2 heterocycles. The van der Waals surface area contributed by atoms with E-state index in [1.165, 1.54) is 4.90 Å². The lowest BCUT2D eigenvalue weighted by Crippen LogP contribution is -2.62. The summed E-state index contributed by atoms with van der Waals surface area (Å²) in [6, 6.07) is -2.12. The largest absolute Gasteiger partial charge is 0.480 e. The predicted octanol–water partition coefficient (Wildman–Crippen LogP) is -1.59. The van der Waals surface area contributed by atoms with Crippen LogP contribution in [0.5, 0.6) is 0 Å². The molecule has 2 atom stereocenters. The van der Waals surface area contributed by atoms with Gasteiger partial charge in [0.25, 0.3) is 0 Å². The first-order valence-electron chi connectivity index (χ1n) is 6.44. The molecule has 8 heteroatoms. The lowest BCUT2D eigenvalue weighted by molar-refractivity contribution is -0.149. The molecule has 3 amide bonds. The van der Waals surface area contributed by atoms with E-state index in [0.717, 1.165) is 4.90 Å². The Kier molecular flexibility index (Phi) is 3.76. The van der Waals surface area contributed by atoms with Crippen molar-refractivity contribution < 1.29 is 24.3 Å². The summed E-state index contributed by atoms with van der Waals surface area (Å²) in [4.78, 5) is 49.3. The van der Waals surface area contributed by atoms with E-state index in [-0.39, 0.29) is 37.4 Å². The molecule has 20 heavy (non-hydrogen) atoms. The molecule has 0 saturated carbocycles. The summed E-state index contributed by atoms with van der Waals surface area (Å²) in [7, 11) is 0. The Balaban J connectivity index is 2.24. The van der Waals surface area contributed by atoms with Gasteiger partial charge in [0, 0.05) is 12.6 Å². The van der Waals surface area contributed by atoms with Crippen LogP contribution in [0.15, 0.2) is 0 Å². The van der Waals surface area contributed by atoms with Crippen LogP contribution in [0.1, 0.15) is 20.3 Å². The minimum atomic E-state index is -1.12. The molecule has 0 aromatic heterocycles. The summed E-state index contributed by atoms with van der Waals surface area (Å²) in [5.41, 5.74) is 0. The average Bonchev–Trinajstić information content (AvgIpc) is 2.64. The Bertz CT molecular complexity index is 476. The first-order chi connectivity index (χ1) is 9.32. The topological polar surface area (TPSA) is 107 Å². The van der Waals surface area contributed by atoms with Gasteiger partial charge in [0.1, 0.15) is 6.04 Å². The molecule has 0 aliphatic carbocycles. The maximum Gasteiger partial charge on any atom is 0.322 e. The predicted molar refractivity (Wildman–Crippen MR) is 66.5 cm³/mol. The number of aliphatic carboxylic acids is 1. The molecule has 110 valence electrons. The molecular weight excluding hydrogens is 266 g/mol. The molecule has 2 aliphatic heterocycles. The van der Waals surface area contributed by atoms with Crippen LogP contribution in [0.25, 0.3) is 0 Å². The van der Waals surface area contributed by atoms with Crippen LogP contribution in [0, 0.1) is 0 Å². The summed E-state index contributed by atoms with van der Waals surface area (Å²) in [6.07, 6.45) is -0.0753. The van der Waals surface area contributed by atoms with Crippen molar-refractivity contribution in [2.75, 3.05) is 13.1 Å². The zero-order chi connectivity index (χ0) is 15.0. The molecule has 0 bridgehead atoms. The molecule has 0 aromatic carbocycles. The van der Waals surface area contributed by atoms with Gasteiger partial charge in [0.05, 0.1) is 19.0 Å². The molecule has 0 radical (unpaired) electrons. The summed E-state index contributed by atoms with van der Waals surface area (Å²) in [5, 5.41) is 11.6. The fourth-order valence-electron chi connectivity index (χ4n) is 2.65. The van der Waals surface area contributed by atoms with Crippen molar-refractivity contribution in [2.45, 2.75) is 38.4 Å². The number of likely N-dealkylation sites (tertiary alicyclic amines) is 1. The van der Waals surface area contributed by atoms with E-state index >= 15 is 0 Å². The van der Waals surface area contributed by atoms with Crippen molar-refractivity contribution in [2.24, 2.45) is 0 Å². The maximum absolute atomic E-state index is 12.3. The standard InChI is InChI=1S/C12H17N3O5/c1-6(2)15-10(17)3-7(11(15)18)14-5-9(16)13-4-8(14)12(19)20/h6-8H,3-5H2,1-2H3,(H,13,16)(H,19,20). The second-order valence-electron chi connectivity index (χ2n) is 5.25. The van der Waals surface area contributed by atoms with Gasteiger partial charge in [0.2, 0.25) is 17.7 Å². The third kappa shape index (κ3) is 2.38. The normalized spacial score (nSPS) is 28.1. The van der Waals surface area contributed by atoms with Gasteiger partial charge < -0.3 is 10.4 Å². The number of carboxylic acid groups (broad SMARTS) is 1. The monoisotopic (exact) mass is 283 g/mol. The van der Waals surface area contributed by atoms with Gasteiger partial charge in [-0.2, -0.15) is 0 Å². The second kappa shape index (κ2) is 5.20. The SMILES string of the molecule is CC(C)N1C(=O)CC(N2CC(=O)NCC2C(=O)O)C1=O. The van der Waals surface area contributed by atoms with Gasteiger partial charge in [-0.05, 0) is 13.8 Å². The number of carbonyl (C=O) groups excluding carboxylic acids is 3. The summed E-state index contributed by atoms with van der Waals surface area (Å²) in [5.74, 6) is -2.21. The number of nitrogens with zero attached hydrogens (tertiary/aromatic N) is 2. The number of amides is 3. The molecule has 0 spiro atoms. The van der Waals surface area contributed by atoms with Crippen LogP contribution in [0.4, 0.5) is 0 Å². The fourth-order valence-corrected chi connectivity index (χ4v) is 2.65. The minimum Gasteiger partial charge on any atom is -0.480 e. The van der Waals surface area contributed by atoms with Gasteiger partial charge in [-0.15, -0.1) is 0 Å². The molecule has 2 aliphatic rings. The summed E-state index contributed by atoms with van der Waals surface area (Å²) < 4.78 is 0. The van der Waals surface area contributed by atoms with Crippen molar-refractivity contribution in [3.8, 4) is 0 Å². The van der Waals surface area contributed by atoms with Crippen LogP contribution in [-0.4, -0.2) is 69.8 Å². The van der Waals surface area contributed by atoms with Crippen LogP contribution in [0.3, 0.4) is 0 Å². The van der Waals surface area contributed by atoms with Crippen molar-refractivity contribution in [3.63, 3.8) is 0 Å². The average molecular weight is 283 g/mol. The van der Waals surface area contributed by atoms with Crippen molar-refractivity contribution >= 4 is 23.7 Å². The van der Waals surface area contributed by atoms with Crippen LogP contribution < -0.4 is 5.32 Å². The lowest BCUT2D eigenvalue weighted by atomic mass is 10.1. The number of piperazine rings is 1. The van der Waals surface area contributed by atoms with Gasteiger partial charge in [-0.1, -0.05) is 0 Å². The number of hydrogen-bond acceptors (Lipinski definition) is 5. The van der Waals surface area contributed by atoms with Crippen LogP contribution in [0.2, 0.25) is 0 Å². The first-order valence-corrected chi connectivity index (χ1v) is 6.44. The number of imide groups is 1. The van der Waals surface area contributed by atoms with E-state index in [1.807, 2.05) is 0 Å². The zero-order valence-electron chi connectivity index (χ0n) is 11.3.